The summed E-state index contributed by atoms with van der Waals surface area (Å²) in [5.41, 5.74) is 2.34. The molecule has 0 aliphatic carbocycles. The molecule has 1 heterocycles. The topological polar surface area (TPSA) is 46.2 Å². The molecule has 3 rings (SSSR count). The SMILES string of the molecule is Cc1ccc(CC2SC(=O)NC2=O)c2ccccc12. The number of aryl methyl sites for hydroxylation is 1. The summed E-state index contributed by atoms with van der Waals surface area (Å²) in [6.45, 7) is 2.08. The van der Waals surface area contributed by atoms with Gasteiger partial charge in [0.2, 0.25) is 5.91 Å². The van der Waals surface area contributed by atoms with Crippen molar-refractivity contribution in [2.24, 2.45) is 0 Å². The van der Waals surface area contributed by atoms with Gasteiger partial charge in [-0.1, -0.05) is 48.2 Å². The van der Waals surface area contributed by atoms with E-state index in [1.807, 2.05) is 18.2 Å². The van der Waals surface area contributed by atoms with E-state index in [4.69, 9.17) is 0 Å². The zero-order chi connectivity index (χ0) is 13.4. The van der Waals surface area contributed by atoms with Gasteiger partial charge in [-0.25, -0.2) is 0 Å². The van der Waals surface area contributed by atoms with Crippen LogP contribution in [0.25, 0.3) is 10.8 Å². The molecule has 1 fully saturated rings. The number of rotatable bonds is 2. The van der Waals surface area contributed by atoms with E-state index in [1.54, 1.807) is 0 Å². The Labute approximate surface area is 115 Å². The number of hydrogen-bond donors (Lipinski definition) is 1. The van der Waals surface area contributed by atoms with Gasteiger partial charge in [0.15, 0.2) is 0 Å². The summed E-state index contributed by atoms with van der Waals surface area (Å²) in [5, 5.41) is 4.15. The largest absolute Gasteiger partial charge is 0.286 e. The molecular weight excluding hydrogens is 258 g/mol. The summed E-state index contributed by atoms with van der Waals surface area (Å²) in [7, 11) is 0. The Morgan fingerprint density at radius 1 is 1.11 bits per heavy atom. The number of benzene rings is 2. The van der Waals surface area contributed by atoms with Crippen LogP contribution in [0.5, 0.6) is 0 Å². The van der Waals surface area contributed by atoms with Crippen molar-refractivity contribution in [1.82, 2.24) is 5.32 Å². The Balaban J connectivity index is 2.00. The van der Waals surface area contributed by atoms with Gasteiger partial charge in [0.1, 0.15) is 0 Å². The summed E-state index contributed by atoms with van der Waals surface area (Å²) in [4.78, 5) is 22.8. The first kappa shape index (κ1) is 12.2. The fraction of sp³-hybridized carbons (Fsp3) is 0.200. The first-order valence-corrected chi connectivity index (χ1v) is 7.02. The van der Waals surface area contributed by atoms with Crippen molar-refractivity contribution in [2.75, 3.05) is 0 Å². The first-order valence-electron chi connectivity index (χ1n) is 6.14. The highest BCUT2D eigenvalue weighted by Gasteiger charge is 2.31. The number of imide groups is 1. The van der Waals surface area contributed by atoms with Crippen molar-refractivity contribution in [3.05, 3.63) is 47.5 Å². The molecule has 3 nitrogen and oxygen atoms in total. The molecule has 1 atom stereocenters. The highest BCUT2D eigenvalue weighted by molar-refractivity contribution is 8.15. The van der Waals surface area contributed by atoms with E-state index in [2.05, 4.69) is 30.4 Å². The molecule has 19 heavy (non-hydrogen) atoms. The van der Waals surface area contributed by atoms with Crippen molar-refractivity contribution >= 4 is 33.7 Å². The predicted octanol–water partition coefficient (Wildman–Crippen LogP) is 3.04. The van der Waals surface area contributed by atoms with E-state index >= 15 is 0 Å². The van der Waals surface area contributed by atoms with Crippen LogP contribution in [0.3, 0.4) is 0 Å². The van der Waals surface area contributed by atoms with Crippen LogP contribution in [0, 0.1) is 6.92 Å². The molecule has 96 valence electrons. The molecule has 1 aliphatic heterocycles. The van der Waals surface area contributed by atoms with E-state index in [0.29, 0.717) is 6.42 Å². The lowest BCUT2D eigenvalue weighted by molar-refractivity contribution is -0.118. The molecule has 2 amide bonds. The molecule has 0 bridgehead atoms. The Morgan fingerprint density at radius 3 is 2.53 bits per heavy atom. The Morgan fingerprint density at radius 2 is 1.84 bits per heavy atom. The molecule has 4 heteroatoms. The second-order valence-electron chi connectivity index (χ2n) is 4.67. The average molecular weight is 271 g/mol. The van der Waals surface area contributed by atoms with E-state index < -0.39 is 0 Å². The minimum absolute atomic E-state index is 0.181. The molecule has 0 radical (unpaired) electrons. The van der Waals surface area contributed by atoms with Crippen LogP contribution in [0.1, 0.15) is 11.1 Å². The summed E-state index contributed by atoms with van der Waals surface area (Å²) in [6.07, 6.45) is 0.586. The Bertz CT molecular complexity index is 681. The van der Waals surface area contributed by atoms with Crippen LogP contribution >= 0.6 is 11.8 Å². The molecule has 0 spiro atoms. The van der Waals surface area contributed by atoms with Crippen molar-refractivity contribution in [1.29, 1.82) is 0 Å². The normalized spacial score (nSPS) is 18.9. The number of nitrogens with one attached hydrogen (secondary N) is 1. The summed E-state index contributed by atoms with van der Waals surface area (Å²) in [5.74, 6) is -0.181. The molecule has 1 aliphatic rings. The molecule has 0 aromatic heterocycles. The van der Waals surface area contributed by atoms with Crippen LogP contribution in [-0.4, -0.2) is 16.4 Å². The van der Waals surface area contributed by atoms with E-state index in [1.165, 1.54) is 10.9 Å². The fourth-order valence-corrected chi connectivity index (χ4v) is 3.26. The van der Waals surface area contributed by atoms with Gasteiger partial charge in [-0.2, -0.15) is 0 Å². The maximum Gasteiger partial charge on any atom is 0.286 e. The van der Waals surface area contributed by atoms with E-state index in [0.717, 1.165) is 22.7 Å². The van der Waals surface area contributed by atoms with Gasteiger partial charge in [0, 0.05) is 0 Å². The van der Waals surface area contributed by atoms with Crippen LogP contribution in [0.4, 0.5) is 4.79 Å². The first-order chi connectivity index (χ1) is 9.15. The summed E-state index contributed by atoms with van der Waals surface area (Å²) >= 11 is 1.08. The third-order valence-electron chi connectivity index (χ3n) is 3.40. The maximum atomic E-state index is 11.6. The smallest absolute Gasteiger partial charge is 0.286 e. The van der Waals surface area contributed by atoms with Gasteiger partial charge in [0.25, 0.3) is 5.24 Å². The van der Waals surface area contributed by atoms with Gasteiger partial charge in [0.05, 0.1) is 5.25 Å². The predicted molar refractivity (Wildman–Crippen MR) is 77.3 cm³/mol. The van der Waals surface area contributed by atoms with E-state index in [9.17, 15) is 9.59 Å². The van der Waals surface area contributed by atoms with E-state index in [-0.39, 0.29) is 16.4 Å². The number of carbonyl (C=O) groups is 2. The number of hydrogen-bond acceptors (Lipinski definition) is 3. The van der Waals surface area contributed by atoms with Gasteiger partial charge >= 0.3 is 0 Å². The zero-order valence-electron chi connectivity index (χ0n) is 10.5. The van der Waals surface area contributed by atoms with Crippen LogP contribution in [-0.2, 0) is 11.2 Å². The fourth-order valence-electron chi connectivity index (χ4n) is 2.42. The third kappa shape index (κ3) is 2.24. The minimum Gasteiger partial charge on any atom is -0.286 e. The summed E-state index contributed by atoms with van der Waals surface area (Å²) in [6, 6.07) is 12.3. The second kappa shape index (κ2) is 4.70. The third-order valence-corrected chi connectivity index (χ3v) is 4.39. The quantitative estimate of drug-likeness (QED) is 0.913. The number of carbonyl (C=O) groups excluding carboxylic acids is 2. The Hall–Kier alpha value is -1.81. The number of fused-ring (bicyclic) bond motifs is 1. The monoisotopic (exact) mass is 271 g/mol. The van der Waals surface area contributed by atoms with Gasteiger partial charge in [-0.15, -0.1) is 0 Å². The van der Waals surface area contributed by atoms with Crippen molar-refractivity contribution in [3.63, 3.8) is 0 Å². The van der Waals surface area contributed by atoms with Crippen molar-refractivity contribution in [3.8, 4) is 0 Å². The van der Waals surface area contributed by atoms with Crippen LogP contribution < -0.4 is 5.32 Å². The molecule has 0 saturated carbocycles. The summed E-state index contributed by atoms with van der Waals surface area (Å²) < 4.78 is 0. The van der Waals surface area contributed by atoms with Gasteiger partial charge < -0.3 is 0 Å². The van der Waals surface area contributed by atoms with Crippen molar-refractivity contribution in [2.45, 2.75) is 18.6 Å². The molecule has 2 aromatic rings. The minimum atomic E-state index is -0.307. The van der Waals surface area contributed by atoms with Crippen molar-refractivity contribution < 1.29 is 9.59 Å². The maximum absolute atomic E-state index is 11.6. The lowest BCUT2D eigenvalue weighted by Gasteiger charge is -2.10. The molecule has 2 aromatic carbocycles. The molecule has 1 saturated heterocycles. The zero-order valence-corrected chi connectivity index (χ0v) is 11.3. The standard InChI is InChI=1S/C15H13NO2S/c1-9-6-7-10(12-5-3-2-4-11(9)12)8-13-14(17)16-15(18)19-13/h2-7,13H,8H2,1H3,(H,16,17,18). The Kier molecular flexibility index (Phi) is 3.03. The number of amides is 2. The molecule has 1 N–H and O–H groups in total. The van der Waals surface area contributed by atoms with Crippen LogP contribution in [0.15, 0.2) is 36.4 Å². The average Bonchev–Trinajstić information content (AvgIpc) is 2.72. The lowest BCUT2D eigenvalue weighted by atomic mass is 9.97. The molecular formula is C15H13NO2S. The number of thioether (sulfide) groups is 1. The highest BCUT2D eigenvalue weighted by Crippen LogP contribution is 2.28. The molecule has 1 unspecified atom stereocenters. The van der Waals surface area contributed by atoms with Crippen LogP contribution in [0.2, 0.25) is 0 Å². The van der Waals surface area contributed by atoms with Gasteiger partial charge in [-0.05, 0) is 35.2 Å². The second-order valence-corrected chi connectivity index (χ2v) is 5.85. The lowest BCUT2D eigenvalue weighted by Crippen LogP contribution is -2.25. The van der Waals surface area contributed by atoms with Gasteiger partial charge in [-0.3, -0.25) is 14.9 Å². The highest BCUT2D eigenvalue weighted by atomic mass is 32.2.